The van der Waals surface area contributed by atoms with Crippen LogP contribution in [0.15, 0.2) is 23.1 Å². The van der Waals surface area contributed by atoms with E-state index in [-0.39, 0.29) is 46.9 Å². The van der Waals surface area contributed by atoms with Crippen LogP contribution in [0.2, 0.25) is 0 Å². The Morgan fingerprint density at radius 1 is 1.03 bits per heavy atom. The number of carbonyl (C=O) groups excluding carboxylic acids is 2. The monoisotopic (exact) mass is 446 g/mol. The lowest BCUT2D eigenvalue weighted by Gasteiger charge is -2.22. The number of nitrogens with zero attached hydrogens (tertiary/aromatic N) is 1. The van der Waals surface area contributed by atoms with Crippen LogP contribution < -0.4 is 10.2 Å². The van der Waals surface area contributed by atoms with Crippen molar-refractivity contribution >= 4 is 27.3 Å². The lowest BCUT2D eigenvalue weighted by molar-refractivity contribution is -0.121. The largest absolute Gasteiger partial charge is 0.353 e. The molecule has 0 aromatic heterocycles. The van der Waals surface area contributed by atoms with Gasteiger partial charge in [-0.25, -0.2) is 8.42 Å². The molecule has 1 heterocycles. The lowest BCUT2D eigenvalue weighted by Crippen LogP contribution is -2.36. The van der Waals surface area contributed by atoms with Crippen molar-refractivity contribution < 1.29 is 18.0 Å². The van der Waals surface area contributed by atoms with Crippen molar-refractivity contribution in [2.45, 2.75) is 94.5 Å². The van der Waals surface area contributed by atoms with E-state index in [9.17, 15) is 18.0 Å². The van der Waals surface area contributed by atoms with Gasteiger partial charge in [-0.15, -0.1) is 0 Å². The van der Waals surface area contributed by atoms with E-state index in [1.807, 2.05) is 11.8 Å². The highest BCUT2D eigenvalue weighted by Gasteiger charge is 2.39. The molecule has 1 N–H and O–H groups in total. The molecule has 0 radical (unpaired) electrons. The van der Waals surface area contributed by atoms with E-state index < -0.39 is 9.84 Å². The summed E-state index contributed by atoms with van der Waals surface area (Å²) in [5.41, 5.74) is 1.74. The molecule has 2 aliphatic carbocycles. The van der Waals surface area contributed by atoms with Crippen LogP contribution in [-0.2, 0) is 25.8 Å². The summed E-state index contributed by atoms with van der Waals surface area (Å²) in [5.74, 6) is -0.0732. The summed E-state index contributed by atoms with van der Waals surface area (Å²) in [6, 6.07) is 5.28. The molecule has 0 saturated heterocycles. The quantitative estimate of drug-likeness (QED) is 0.721. The molecule has 170 valence electrons. The Balaban J connectivity index is 1.37. The van der Waals surface area contributed by atoms with Crippen LogP contribution in [0.25, 0.3) is 0 Å². The van der Waals surface area contributed by atoms with E-state index in [1.165, 1.54) is 19.3 Å². The highest BCUT2D eigenvalue weighted by Crippen LogP contribution is 2.39. The Morgan fingerprint density at radius 3 is 2.39 bits per heavy atom. The summed E-state index contributed by atoms with van der Waals surface area (Å²) in [6.07, 6.45) is 10.5. The molecule has 0 spiro atoms. The van der Waals surface area contributed by atoms with Gasteiger partial charge >= 0.3 is 0 Å². The van der Waals surface area contributed by atoms with Crippen LogP contribution in [0.1, 0.15) is 76.7 Å². The molecule has 1 aromatic rings. The number of fused-ring (bicyclic) bond motifs is 1. The van der Waals surface area contributed by atoms with E-state index in [0.29, 0.717) is 6.42 Å². The normalized spacial score (nSPS) is 22.5. The van der Waals surface area contributed by atoms with E-state index in [2.05, 4.69) is 5.32 Å². The number of anilines is 1. The molecule has 1 aliphatic heterocycles. The smallest absolute Gasteiger partial charge is 0.230 e. The minimum absolute atomic E-state index is 0.0153. The van der Waals surface area contributed by atoms with Gasteiger partial charge in [0, 0.05) is 30.1 Å². The van der Waals surface area contributed by atoms with Crippen LogP contribution in [0.3, 0.4) is 0 Å². The third-order valence-corrected chi connectivity index (χ3v) is 8.57. The van der Waals surface area contributed by atoms with E-state index in [0.717, 1.165) is 49.8 Å². The first-order valence-electron chi connectivity index (χ1n) is 11.8. The Kier molecular flexibility index (Phi) is 6.70. The first-order valence-corrected chi connectivity index (χ1v) is 13.5. The number of nitrogens with one attached hydrogen (secondary N) is 1. The van der Waals surface area contributed by atoms with E-state index >= 15 is 0 Å². The summed E-state index contributed by atoms with van der Waals surface area (Å²) < 4.78 is 25.8. The molecule has 1 aromatic carbocycles. The second kappa shape index (κ2) is 9.31. The van der Waals surface area contributed by atoms with Gasteiger partial charge in [-0.3, -0.25) is 9.59 Å². The first kappa shape index (κ1) is 22.3. The predicted molar refractivity (Wildman–Crippen MR) is 121 cm³/mol. The molecule has 0 unspecified atom stereocenters. The van der Waals surface area contributed by atoms with Crippen molar-refractivity contribution in [3.63, 3.8) is 0 Å². The Morgan fingerprint density at radius 2 is 1.71 bits per heavy atom. The van der Waals surface area contributed by atoms with Gasteiger partial charge < -0.3 is 10.2 Å². The van der Waals surface area contributed by atoms with Crippen LogP contribution in [0, 0.1) is 5.92 Å². The molecule has 7 heteroatoms. The zero-order valence-corrected chi connectivity index (χ0v) is 19.3. The van der Waals surface area contributed by atoms with Crippen molar-refractivity contribution in [2.24, 2.45) is 5.92 Å². The maximum absolute atomic E-state index is 12.9. The van der Waals surface area contributed by atoms with Crippen LogP contribution >= 0.6 is 0 Å². The average Bonchev–Trinajstić information content (AvgIpc) is 3.50. The van der Waals surface area contributed by atoms with E-state index in [1.54, 1.807) is 18.2 Å². The molecule has 1 atom stereocenters. The molecule has 2 fully saturated rings. The minimum atomic E-state index is -3.55. The molecule has 6 nitrogen and oxygen atoms in total. The molecule has 2 saturated carbocycles. The number of rotatable bonds is 6. The number of hydrogen-bond donors (Lipinski definition) is 1. The maximum atomic E-state index is 12.9. The Labute approximate surface area is 185 Å². The Bertz CT molecular complexity index is 931. The molecule has 0 bridgehead atoms. The van der Waals surface area contributed by atoms with Gasteiger partial charge in [0.05, 0.1) is 10.6 Å². The van der Waals surface area contributed by atoms with Crippen molar-refractivity contribution in [3.05, 3.63) is 23.8 Å². The molecular formula is C24H34N2O4S. The van der Waals surface area contributed by atoms with Crippen LogP contribution in [0.4, 0.5) is 5.69 Å². The number of carbonyl (C=O) groups is 2. The summed E-state index contributed by atoms with van der Waals surface area (Å²) in [7, 11) is -3.55. The highest BCUT2D eigenvalue weighted by atomic mass is 32.2. The van der Waals surface area contributed by atoms with Crippen molar-refractivity contribution in [2.75, 3.05) is 10.7 Å². The fourth-order valence-electron chi connectivity index (χ4n) is 4.91. The van der Waals surface area contributed by atoms with Crippen LogP contribution in [-0.4, -0.2) is 38.1 Å². The van der Waals surface area contributed by atoms with E-state index in [4.69, 9.17) is 0 Å². The van der Waals surface area contributed by atoms with Crippen molar-refractivity contribution in [1.82, 2.24) is 5.32 Å². The van der Waals surface area contributed by atoms with Crippen molar-refractivity contribution in [1.29, 1.82) is 0 Å². The maximum Gasteiger partial charge on any atom is 0.230 e. The zero-order valence-electron chi connectivity index (χ0n) is 18.4. The summed E-state index contributed by atoms with van der Waals surface area (Å²) in [6.45, 7) is 2.01. The van der Waals surface area contributed by atoms with Crippen molar-refractivity contribution in [3.8, 4) is 0 Å². The highest BCUT2D eigenvalue weighted by molar-refractivity contribution is 7.91. The van der Waals surface area contributed by atoms with Gasteiger partial charge in [0.1, 0.15) is 0 Å². The average molecular weight is 447 g/mol. The second-order valence-corrected chi connectivity index (χ2v) is 11.6. The topological polar surface area (TPSA) is 83.6 Å². The number of hydrogen-bond acceptors (Lipinski definition) is 4. The standard InChI is InChI=1S/C24H34N2O4S/c1-17-15-19-16-21(11-12-22(19)26(17)24(28)18-9-10-18)31(29,30)14-13-23(27)25-20-7-5-3-2-4-6-8-20/h11-12,16-18,20H,2-10,13-15H2,1H3,(H,25,27)/t17-/m0/s1. The predicted octanol–water partition coefficient (Wildman–Crippen LogP) is 3.77. The fourth-order valence-corrected chi connectivity index (χ4v) is 6.20. The molecule has 2 amide bonds. The number of amides is 2. The summed E-state index contributed by atoms with van der Waals surface area (Å²) >= 11 is 0. The molecule has 4 rings (SSSR count). The first-order chi connectivity index (χ1) is 14.8. The molecule has 31 heavy (non-hydrogen) atoms. The summed E-state index contributed by atoms with van der Waals surface area (Å²) in [4.78, 5) is 27.1. The lowest BCUT2D eigenvalue weighted by atomic mass is 9.97. The zero-order chi connectivity index (χ0) is 22.0. The van der Waals surface area contributed by atoms with Gasteiger partial charge in [-0.2, -0.15) is 0 Å². The molecule has 3 aliphatic rings. The minimum Gasteiger partial charge on any atom is -0.353 e. The van der Waals surface area contributed by atoms with Gasteiger partial charge in [0.2, 0.25) is 11.8 Å². The van der Waals surface area contributed by atoms with Crippen LogP contribution in [0.5, 0.6) is 0 Å². The summed E-state index contributed by atoms with van der Waals surface area (Å²) in [5, 5.41) is 3.05. The van der Waals surface area contributed by atoms with Gasteiger partial charge in [-0.1, -0.05) is 32.1 Å². The van der Waals surface area contributed by atoms with Gasteiger partial charge in [0.25, 0.3) is 0 Å². The number of sulfone groups is 1. The second-order valence-electron chi connectivity index (χ2n) is 9.50. The molecular weight excluding hydrogens is 412 g/mol. The fraction of sp³-hybridized carbons (Fsp3) is 0.667. The SMILES string of the molecule is C[C@H]1Cc2cc(S(=O)(=O)CCC(=O)NC3CCCCCCC3)ccc2N1C(=O)C1CC1. The third-order valence-electron chi connectivity index (χ3n) is 6.86. The van der Waals surface area contributed by atoms with Gasteiger partial charge in [-0.05, 0) is 62.8 Å². The Hall–Kier alpha value is -1.89. The third kappa shape index (κ3) is 5.30. The van der Waals surface area contributed by atoms with Gasteiger partial charge in [0.15, 0.2) is 9.84 Å². The number of benzene rings is 1.